The summed E-state index contributed by atoms with van der Waals surface area (Å²) in [5, 5.41) is 12.6. The topological polar surface area (TPSA) is 53.6 Å². The Labute approximate surface area is 118 Å². The van der Waals surface area contributed by atoms with Gasteiger partial charge < -0.3 is 9.88 Å². The van der Waals surface area contributed by atoms with E-state index in [0.717, 1.165) is 16.0 Å². The predicted molar refractivity (Wildman–Crippen MR) is 74.4 cm³/mol. The molecule has 0 saturated heterocycles. The van der Waals surface area contributed by atoms with Gasteiger partial charge in [-0.2, -0.15) is 5.26 Å². The minimum atomic E-state index is 0.563. The molecule has 0 saturated carbocycles. The first-order chi connectivity index (χ1) is 8.61. The van der Waals surface area contributed by atoms with Gasteiger partial charge in [-0.05, 0) is 34.1 Å². The molecule has 0 bridgehead atoms. The lowest BCUT2D eigenvalue weighted by molar-refractivity contribution is 0.813. The summed E-state index contributed by atoms with van der Waals surface area (Å²) in [4.78, 5) is 4.19. The highest BCUT2D eigenvalue weighted by Crippen LogP contribution is 2.24. The molecule has 0 radical (unpaired) electrons. The van der Waals surface area contributed by atoms with Crippen LogP contribution in [-0.4, -0.2) is 9.55 Å². The molecule has 0 aliphatic carbocycles. The monoisotopic (exact) mass is 324 g/mol. The highest BCUT2D eigenvalue weighted by atomic mass is 79.9. The van der Waals surface area contributed by atoms with E-state index in [4.69, 9.17) is 16.9 Å². The summed E-state index contributed by atoms with van der Waals surface area (Å²) in [6.45, 7) is 0.563. The van der Waals surface area contributed by atoms with Gasteiger partial charge in [0.2, 0.25) is 0 Å². The average molecular weight is 326 g/mol. The standard InChI is InChI=1S/C12H10BrClN4/c1-18-11(14)6-17-12(18)7-16-10-3-2-8(5-15)4-9(10)13/h2-4,6,16H,7H2,1H3. The number of imidazole rings is 1. The van der Waals surface area contributed by atoms with E-state index in [0.29, 0.717) is 17.3 Å². The molecule has 1 N–H and O–H groups in total. The third kappa shape index (κ3) is 2.66. The fourth-order valence-electron chi connectivity index (χ4n) is 1.49. The van der Waals surface area contributed by atoms with Gasteiger partial charge in [-0.25, -0.2) is 4.98 Å². The third-order valence-electron chi connectivity index (χ3n) is 2.56. The molecule has 18 heavy (non-hydrogen) atoms. The lowest BCUT2D eigenvalue weighted by Crippen LogP contribution is -2.06. The van der Waals surface area contributed by atoms with Crippen LogP contribution in [0.1, 0.15) is 11.4 Å². The molecular weight excluding hydrogens is 316 g/mol. The zero-order valence-electron chi connectivity index (χ0n) is 9.61. The quantitative estimate of drug-likeness (QED) is 0.942. The molecule has 92 valence electrons. The van der Waals surface area contributed by atoms with Gasteiger partial charge in [0.25, 0.3) is 0 Å². The molecule has 0 aliphatic heterocycles. The van der Waals surface area contributed by atoms with Crippen LogP contribution in [0.25, 0.3) is 0 Å². The van der Waals surface area contributed by atoms with E-state index < -0.39 is 0 Å². The van der Waals surface area contributed by atoms with E-state index in [1.54, 1.807) is 18.3 Å². The Kier molecular flexibility index (Phi) is 3.90. The lowest BCUT2D eigenvalue weighted by atomic mass is 10.2. The van der Waals surface area contributed by atoms with Crippen LogP contribution >= 0.6 is 27.5 Å². The Morgan fingerprint density at radius 3 is 2.89 bits per heavy atom. The lowest BCUT2D eigenvalue weighted by Gasteiger charge is -2.08. The molecule has 0 fully saturated rings. The maximum atomic E-state index is 8.78. The number of hydrogen-bond acceptors (Lipinski definition) is 3. The minimum absolute atomic E-state index is 0.563. The van der Waals surface area contributed by atoms with Crippen LogP contribution in [0.3, 0.4) is 0 Å². The van der Waals surface area contributed by atoms with Crippen LogP contribution in [0.4, 0.5) is 5.69 Å². The van der Waals surface area contributed by atoms with E-state index >= 15 is 0 Å². The Morgan fingerprint density at radius 1 is 1.56 bits per heavy atom. The van der Waals surface area contributed by atoms with Crippen molar-refractivity contribution >= 4 is 33.2 Å². The Bertz CT molecular complexity index is 615. The summed E-state index contributed by atoms with van der Waals surface area (Å²) in [5.74, 6) is 0.844. The van der Waals surface area contributed by atoms with Crippen LogP contribution in [0.15, 0.2) is 28.9 Å². The average Bonchev–Trinajstić information content (AvgIpc) is 2.68. The number of nitriles is 1. The highest BCUT2D eigenvalue weighted by molar-refractivity contribution is 9.10. The van der Waals surface area contributed by atoms with E-state index in [-0.39, 0.29) is 0 Å². The molecule has 1 heterocycles. The molecule has 2 rings (SSSR count). The van der Waals surface area contributed by atoms with Crippen molar-refractivity contribution in [1.29, 1.82) is 5.26 Å². The van der Waals surface area contributed by atoms with Crippen molar-refractivity contribution in [2.75, 3.05) is 5.32 Å². The molecule has 1 aromatic carbocycles. The van der Waals surface area contributed by atoms with Gasteiger partial charge in [0.15, 0.2) is 0 Å². The van der Waals surface area contributed by atoms with Crippen LogP contribution in [0.5, 0.6) is 0 Å². The predicted octanol–water partition coefficient (Wildman–Crippen LogP) is 3.32. The van der Waals surface area contributed by atoms with Gasteiger partial charge in [-0.15, -0.1) is 0 Å². The number of aromatic nitrogens is 2. The second-order valence-corrected chi connectivity index (χ2v) is 4.96. The fraction of sp³-hybridized carbons (Fsp3) is 0.167. The number of halogens is 2. The number of anilines is 1. The number of rotatable bonds is 3. The van der Waals surface area contributed by atoms with E-state index in [1.807, 2.05) is 17.7 Å². The Balaban J connectivity index is 2.11. The first-order valence-corrected chi connectivity index (χ1v) is 6.38. The van der Waals surface area contributed by atoms with Crippen molar-refractivity contribution < 1.29 is 0 Å². The first-order valence-electron chi connectivity index (χ1n) is 5.21. The third-order valence-corrected chi connectivity index (χ3v) is 3.57. The minimum Gasteiger partial charge on any atom is -0.377 e. The second-order valence-electron chi connectivity index (χ2n) is 3.72. The Hall–Kier alpha value is -1.51. The second kappa shape index (κ2) is 5.42. The number of benzene rings is 1. The van der Waals surface area contributed by atoms with E-state index in [9.17, 15) is 0 Å². The zero-order valence-corrected chi connectivity index (χ0v) is 12.0. The highest BCUT2D eigenvalue weighted by Gasteiger charge is 2.06. The number of hydrogen-bond donors (Lipinski definition) is 1. The molecule has 0 spiro atoms. The fourth-order valence-corrected chi connectivity index (χ4v) is 2.16. The van der Waals surface area contributed by atoms with Crippen molar-refractivity contribution in [1.82, 2.24) is 9.55 Å². The Morgan fingerprint density at radius 2 is 2.33 bits per heavy atom. The summed E-state index contributed by atoms with van der Waals surface area (Å²) >= 11 is 9.33. The molecule has 1 aromatic heterocycles. The van der Waals surface area contributed by atoms with Crippen LogP contribution < -0.4 is 5.32 Å². The van der Waals surface area contributed by atoms with E-state index in [1.165, 1.54) is 0 Å². The number of nitrogens with zero attached hydrogens (tertiary/aromatic N) is 3. The summed E-state index contributed by atoms with van der Waals surface area (Å²) in [6, 6.07) is 7.48. The summed E-state index contributed by atoms with van der Waals surface area (Å²) in [7, 11) is 1.86. The van der Waals surface area contributed by atoms with Gasteiger partial charge >= 0.3 is 0 Å². The zero-order chi connectivity index (χ0) is 13.1. The summed E-state index contributed by atoms with van der Waals surface area (Å²) < 4.78 is 2.66. The SMILES string of the molecule is Cn1c(Cl)cnc1CNc1ccc(C#N)cc1Br. The van der Waals surface area contributed by atoms with Gasteiger partial charge in [-0.1, -0.05) is 11.6 Å². The van der Waals surface area contributed by atoms with Crippen molar-refractivity contribution in [2.24, 2.45) is 7.05 Å². The molecule has 6 heteroatoms. The molecule has 0 aliphatic rings. The van der Waals surface area contributed by atoms with Crippen molar-refractivity contribution in [3.05, 3.63) is 45.4 Å². The molecule has 2 aromatic rings. The molecule has 4 nitrogen and oxygen atoms in total. The van der Waals surface area contributed by atoms with Gasteiger partial charge in [0.1, 0.15) is 11.0 Å². The molecular formula is C12H10BrClN4. The van der Waals surface area contributed by atoms with Crippen LogP contribution in [0.2, 0.25) is 5.15 Å². The van der Waals surface area contributed by atoms with Crippen molar-refractivity contribution in [2.45, 2.75) is 6.54 Å². The van der Waals surface area contributed by atoms with E-state index in [2.05, 4.69) is 32.3 Å². The van der Waals surface area contributed by atoms with Crippen molar-refractivity contribution in [3.63, 3.8) is 0 Å². The molecule has 0 unspecified atom stereocenters. The van der Waals surface area contributed by atoms with Gasteiger partial charge in [0.05, 0.1) is 24.4 Å². The summed E-state index contributed by atoms with van der Waals surface area (Å²) in [6.07, 6.45) is 1.62. The normalized spacial score (nSPS) is 10.1. The first kappa shape index (κ1) is 12.9. The van der Waals surface area contributed by atoms with Crippen molar-refractivity contribution in [3.8, 4) is 6.07 Å². The molecule has 0 atom stereocenters. The van der Waals surface area contributed by atoms with Gasteiger partial charge in [-0.3, -0.25) is 0 Å². The van der Waals surface area contributed by atoms with Crippen LogP contribution in [0, 0.1) is 11.3 Å². The number of nitrogens with one attached hydrogen (secondary N) is 1. The van der Waals surface area contributed by atoms with Crippen LogP contribution in [-0.2, 0) is 13.6 Å². The smallest absolute Gasteiger partial charge is 0.128 e. The maximum absolute atomic E-state index is 8.78. The maximum Gasteiger partial charge on any atom is 0.128 e. The molecule has 0 amide bonds. The largest absolute Gasteiger partial charge is 0.377 e. The summed E-state index contributed by atoms with van der Waals surface area (Å²) in [5.41, 5.74) is 1.53. The van der Waals surface area contributed by atoms with Gasteiger partial charge in [0, 0.05) is 17.2 Å².